The second-order valence-corrected chi connectivity index (χ2v) is 6.84. The molecule has 0 unspecified atom stereocenters. The van der Waals surface area contributed by atoms with Crippen LogP contribution in [0.15, 0.2) is 0 Å². The average molecular weight is 422 g/mol. The molecule has 0 aliphatic carbocycles. The summed E-state index contributed by atoms with van der Waals surface area (Å²) in [6, 6.07) is 0. The second-order valence-electron chi connectivity index (χ2n) is 6.84. The number of carbonyl (C=O) groups is 3. The maximum absolute atomic E-state index is 9.00. The van der Waals surface area contributed by atoms with Crippen LogP contribution in [0.25, 0.3) is 0 Å². The van der Waals surface area contributed by atoms with Crippen LogP contribution < -0.4 is 5.32 Å². The van der Waals surface area contributed by atoms with E-state index in [1.54, 1.807) is 0 Å². The summed E-state index contributed by atoms with van der Waals surface area (Å²) in [7, 11) is 0. The Bertz CT molecular complexity index is 294. The molecule has 7 nitrogen and oxygen atoms in total. The molecule has 0 aromatic carbocycles. The lowest BCUT2D eigenvalue weighted by Crippen LogP contribution is -2.16. The Labute approximate surface area is 178 Å². The van der Waals surface area contributed by atoms with Crippen molar-refractivity contribution in [3.05, 3.63) is 0 Å². The fourth-order valence-electron chi connectivity index (χ4n) is 2.19. The Hall–Kier alpha value is -1.63. The molecule has 0 radical (unpaired) electrons. The van der Waals surface area contributed by atoms with Gasteiger partial charge in [0.1, 0.15) is 0 Å². The molecule has 0 amide bonds. The average Bonchev–Trinajstić information content (AvgIpc) is 2.57. The second kappa shape index (κ2) is 33.9. The Morgan fingerprint density at radius 1 is 0.517 bits per heavy atom. The highest BCUT2D eigenvalue weighted by molar-refractivity contribution is 5.63. The van der Waals surface area contributed by atoms with Gasteiger partial charge in [-0.1, -0.05) is 78.1 Å². The molecule has 4 N–H and O–H groups in total. The third kappa shape index (κ3) is 102. The van der Waals surface area contributed by atoms with Crippen LogP contribution in [0.3, 0.4) is 0 Å². The van der Waals surface area contributed by atoms with E-state index >= 15 is 0 Å². The lowest BCUT2D eigenvalue weighted by molar-refractivity contribution is -0.135. The summed E-state index contributed by atoms with van der Waals surface area (Å²) in [6.07, 6.45) is 16.9. The van der Waals surface area contributed by atoms with Crippen LogP contribution in [0.1, 0.15) is 112 Å². The van der Waals surface area contributed by atoms with Crippen LogP contribution in [0.4, 0.5) is 0 Å². The minimum Gasteiger partial charge on any atom is -0.481 e. The Kier molecular flexibility index (Phi) is 40.8. The summed E-state index contributed by atoms with van der Waals surface area (Å²) in [5.74, 6) is -2.50. The molecule has 0 saturated carbocycles. The number of carboxylic acid groups (broad SMARTS) is 3. The summed E-state index contributed by atoms with van der Waals surface area (Å²) >= 11 is 0. The summed E-state index contributed by atoms with van der Waals surface area (Å²) in [5.41, 5.74) is 0. The number of hydrogen-bond acceptors (Lipinski definition) is 4. The molecule has 0 aliphatic rings. The van der Waals surface area contributed by atoms with Gasteiger partial charge in [-0.05, 0) is 25.9 Å². The molecule has 0 fully saturated rings. The fourth-order valence-corrected chi connectivity index (χ4v) is 2.19. The lowest BCUT2D eigenvalue weighted by atomic mass is 10.1. The van der Waals surface area contributed by atoms with Gasteiger partial charge in [0, 0.05) is 20.8 Å². The predicted octanol–water partition coefficient (Wildman–Crippen LogP) is 5.57. The fraction of sp³-hybridized carbons (Fsp3) is 0.864. The van der Waals surface area contributed by atoms with Crippen molar-refractivity contribution in [2.24, 2.45) is 0 Å². The number of carboxylic acids is 3. The predicted molar refractivity (Wildman–Crippen MR) is 120 cm³/mol. The number of nitrogens with one attached hydrogen (secondary N) is 1. The zero-order valence-corrected chi connectivity index (χ0v) is 19.5. The van der Waals surface area contributed by atoms with Gasteiger partial charge in [0.2, 0.25) is 0 Å². The van der Waals surface area contributed by atoms with E-state index in [1.807, 2.05) is 0 Å². The molecular formula is C22H47NO6. The molecule has 0 aromatic heterocycles. The number of hydrogen-bond donors (Lipinski definition) is 4. The minimum absolute atomic E-state index is 0.833. The minimum atomic E-state index is -0.833. The van der Waals surface area contributed by atoms with E-state index in [2.05, 4.69) is 19.2 Å². The van der Waals surface area contributed by atoms with Gasteiger partial charge in [-0.25, -0.2) is 0 Å². The van der Waals surface area contributed by atoms with E-state index in [0.29, 0.717) is 0 Å². The zero-order chi connectivity index (χ0) is 23.3. The molecule has 0 aromatic rings. The van der Waals surface area contributed by atoms with Gasteiger partial charge in [0.05, 0.1) is 0 Å². The smallest absolute Gasteiger partial charge is 0.300 e. The monoisotopic (exact) mass is 421 g/mol. The highest BCUT2D eigenvalue weighted by Gasteiger charge is 1.92. The third-order valence-corrected chi connectivity index (χ3v) is 3.41. The van der Waals surface area contributed by atoms with E-state index < -0.39 is 17.9 Å². The SMILES string of the molecule is CC(=O)O.CC(=O)O.CC(=O)O.CCCCCCCCNCCCCCCCC. The highest BCUT2D eigenvalue weighted by Crippen LogP contribution is 2.05. The molecule has 0 bridgehead atoms. The van der Waals surface area contributed by atoms with Gasteiger partial charge in [-0.3, -0.25) is 14.4 Å². The van der Waals surface area contributed by atoms with Crippen LogP contribution in [-0.2, 0) is 14.4 Å². The largest absolute Gasteiger partial charge is 0.481 e. The van der Waals surface area contributed by atoms with E-state index in [0.717, 1.165) is 20.8 Å². The quantitative estimate of drug-likeness (QED) is 0.270. The first-order chi connectivity index (χ1) is 13.6. The van der Waals surface area contributed by atoms with Crippen molar-refractivity contribution in [2.75, 3.05) is 13.1 Å². The van der Waals surface area contributed by atoms with Crippen molar-refractivity contribution >= 4 is 17.9 Å². The van der Waals surface area contributed by atoms with Crippen LogP contribution in [0, 0.1) is 0 Å². The van der Waals surface area contributed by atoms with Crippen molar-refractivity contribution in [3.63, 3.8) is 0 Å². The zero-order valence-electron chi connectivity index (χ0n) is 19.5. The lowest BCUT2D eigenvalue weighted by Gasteiger charge is -2.04. The van der Waals surface area contributed by atoms with Gasteiger partial charge in [-0.15, -0.1) is 0 Å². The maximum Gasteiger partial charge on any atom is 0.300 e. The van der Waals surface area contributed by atoms with Gasteiger partial charge in [-0.2, -0.15) is 0 Å². The van der Waals surface area contributed by atoms with E-state index in [4.69, 9.17) is 29.7 Å². The normalized spacial score (nSPS) is 9.00. The Balaban J connectivity index is -0.000000212. The first kappa shape index (κ1) is 34.8. The Morgan fingerprint density at radius 3 is 0.966 bits per heavy atom. The topological polar surface area (TPSA) is 124 Å². The van der Waals surface area contributed by atoms with E-state index in [9.17, 15) is 0 Å². The third-order valence-electron chi connectivity index (χ3n) is 3.41. The first-order valence-electron chi connectivity index (χ1n) is 10.9. The molecule has 0 spiro atoms. The number of aliphatic carboxylic acids is 3. The van der Waals surface area contributed by atoms with Crippen LogP contribution >= 0.6 is 0 Å². The molecule has 0 heterocycles. The molecule has 0 rings (SSSR count). The molecular weight excluding hydrogens is 374 g/mol. The standard InChI is InChI=1S/C16H35N.3C2H4O2/c1-3-5-7-9-11-13-15-17-16-14-12-10-8-6-4-2;3*1-2(3)4/h17H,3-16H2,1-2H3;3*1H3,(H,3,4). The van der Waals surface area contributed by atoms with Gasteiger partial charge in [0.25, 0.3) is 17.9 Å². The van der Waals surface area contributed by atoms with Gasteiger partial charge < -0.3 is 20.6 Å². The van der Waals surface area contributed by atoms with E-state index in [-0.39, 0.29) is 0 Å². The molecule has 7 heteroatoms. The van der Waals surface area contributed by atoms with Gasteiger partial charge >= 0.3 is 0 Å². The molecule has 0 atom stereocenters. The maximum atomic E-state index is 9.00. The molecule has 0 saturated heterocycles. The summed E-state index contributed by atoms with van der Waals surface area (Å²) in [6.45, 7) is 10.3. The highest BCUT2D eigenvalue weighted by atomic mass is 16.4. The molecule has 29 heavy (non-hydrogen) atoms. The van der Waals surface area contributed by atoms with Crippen molar-refractivity contribution in [2.45, 2.75) is 112 Å². The number of unbranched alkanes of at least 4 members (excludes halogenated alkanes) is 10. The number of rotatable bonds is 14. The first-order valence-corrected chi connectivity index (χ1v) is 10.9. The molecule has 0 aliphatic heterocycles. The Morgan fingerprint density at radius 2 is 0.724 bits per heavy atom. The summed E-state index contributed by atoms with van der Waals surface area (Å²) in [4.78, 5) is 27.0. The van der Waals surface area contributed by atoms with Crippen molar-refractivity contribution < 1.29 is 29.7 Å². The van der Waals surface area contributed by atoms with Crippen LogP contribution in [-0.4, -0.2) is 46.3 Å². The van der Waals surface area contributed by atoms with Crippen molar-refractivity contribution in [1.82, 2.24) is 5.32 Å². The summed E-state index contributed by atoms with van der Waals surface area (Å²) < 4.78 is 0. The van der Waals surface area contributed by atoms with Crippen molar-refractivity contribution in [3.8, 4) is 0 Å². The van der Waals surface area contributed by atoms with E-state index in [1.165, 1.54) is 90.1 Å². The van der Waals surface area contributed by atoms with Crippen LogP contribution in [0.2, 0.25) is 0 Å². The molecule has 176 valence electrons. The summed E-state index contributed by atoms with van der Waals surface area (Å²) in [5, 5.41) is 25.8. The van der Waals surface area contributed by atoms with Gasteiger partial charge in [0.15, 0.2) is 0 Å². The van der Waals surface area contributed by atoms with Crippen LogP contribution in [0.5, 0.6) is 0 Å². The van der Waals surface area contributed by atoms with Crippen molar-refractivity contribution in [1.29, 1.82) is 0 Å².